The minimum atomic E-state index is 0.280. The first-order chi connectivity index (χ1) is 9.85. The first-order valence-corrected chi connectivity index (χ1v) is 7.19. The van der Waals surface area contributed by atoms with Crippen LogP contribution < -0.4 is 0 Å². The van der Waals surface area contributed by atoms with Gasteiger partial charge >= 0.3 is 0 Å². The van der Waals surface area contributed by atoms with E-state index in [-0.39, 0.29) is 6.61 Å². The number of aromatic nitrogens is 1. The Kier molecular flexibility index (Phi) is 4.14. The smallest absolute Gasteiger partial charge is 0.151 e. The van der Waals surface area contributed by atoms with Crippen LogP contribution in [0.1, 0.15) is 18.6 Å². The molecule has 1 saturated heterocycles. The molecule has 20 heavy (non-hydrogen) atoms. The average molecular weight is 272 g/mol. The summed E-state index contributed by atoms with van der Waals surface area (Å²) < 4.78 is 5.44. The Hall–Kier alpha value is -1.65. The zero-order valence-electron chi connectivity index (χ0n) is 11.5. The topological polar surface area (TPSA) is 49.5 Å². The van der Waals surface area contributed by atoms with Gasteiger partial charge in [-0.15, -0.1) is 0 Å². The maximum atomic E-state index is 9.27. The van der Waals surface area contributed by atoms with Gasteiger partial charge in [0.2, 0.25) is 0 Å². The van der Waals surface area contributed by atoms with Crippen molar-refractivity contribution in [3.05, 3.63) is 42.2 Å². The van der Waals surface area contributed by atoms with Crippen molar-refractivity contribution < 1.29 is 9.63 Å². The van der Waals surface area contributed by atoms with E-state index in [9.17, 15) is 5.11 Å². The van der Waals surface area contributed by atoms with Crippen LogP contribution >= 0.6 is 0 Å². The molecule has 4 nitrogen and oxygen atoms in total. The second kappa shape index (κ2) is 6.20. The summed E-state index contributed by atoms with van der Waals surface area (Å²) in [4.78, 5) is 2.33. The number of likely N-dealkylation sites (tertiary alicyclic amines) is 1. The summed E-state index contributed by atoms with van der Waals surface area (Å²) in [5, 5.41) is 13.4. The number of piperidine rings is 1. The second-order valence-electron chi connectivity index (χ2n) is 5.47. The fourth-order valence-electron chi connectivity index (χ4n) is 2.80. The van der Waals surface area contributed by atoms with E-state index in [0.29, 0.717) is 5.92 Å². The van der Waals surface area contributed by atoms with Crippen LogP contribution in [0.4, 0.5) is 0 Å². The highest BCUT2D eigenvalue weighted by atomic mass is 16.5. The molecule has 0 saturated carbocycles. The molecule has 1 fully saturated rings. The summed E-state index contributed by atoms with van der Waals surface area (Å²) in [7, 11) is 0. The van der Waals surface area contributed by atoms with Crippen LogP contribution in [0, 0.1) is 5.92 Å². The first-order valence-electron chi connectivity index (χ1n) is 7.19. The van der Waals surface area contributed by atoms with E-state index < -0.39 is 0 Å². The van der Waals surface area contributed by atoms with Gasteiger partial charge in [0.1, 0.15) is 5.69 Å². The maximum Gasteiger partial charge on any atom is 0.151 e. The van der Waals surface area contributed by atoms with Gasteiger partial charge in [-0.2, -0.15) is 0 Å². The third-order valence-electron chi connectivity index (χ3n) is 3.87. The number of hydrogen-bond acceptors (Lipinski definition) is 4. The van der Waals surface area contributed by atoms with Gasteiger partial charge in [-0.25, -0.2) is 0 Å². The summed E-state index contributed by atoms with van der Waals surface area (Å²) in [5.74, 6) is 1.29. The zero-order chi connectivity index (χ0) is 13.8. The van der Waals surface area contributed by atoms with Crippen molar-refractivity contribution >= 4 is 0 Å². The maximum absolute atomic E-state index is 9.27. The molecule has 2 aromatic rings. The number of hydrogen-bond donors (Lipinski definition) is 1. The molecule has 106 valence electrons. The van der Waals surface area contributed by atoms with Crippen LogP contribution in [-0.4, -0.2) is 34.9 Å². The van der Waals surface area contributed by atoms with Gasteiger partial charge in [-0.05, 0) is 25.3 Å². The van der Waals surface area contributed by atoms with Crippen LogP contribution in [0.3, 0.4) is 0 Å². The van der Waals surface area contributed by atoms with Crippen molar-refractivity contribution in [2.75, 3.05) is 19.7 Å². The van der Waals surface area contributed by atoms with Crippen LogP contribution in [0.15, 0.2) is 40.9 Å². The minimum Gasteiger partial charge on any atom is -0.396 e. The summed E-state index contributed by atoms with van der Waals surface area (Å²) in [5.41, 5.74) is 1.96. The third kappa shape index (κ3) is 3.08. The molecule has 1 atom stereocenters. The molecule has 4 heteroatoms. The number of rotatable bonds is 4. The largest absolute Gasteiger partial charge is 0.396 e. The number of benzene rings is 1. The van der Waals surface area contributed by atoms with Crippen LogP contribution in [-0.2, 0) is 6.54 Å². The lowest BCUT2D eigenvalue weighted by Crippen LogP contribution is -2.36. The SMILES string of the molecule is OCC1CCCN(Cc2cc(-c3ccccc3)no2)C1. The van der Waals surface area contributed by atoms with Crippen LogP contribution in [0.5, 0.6) is 0 Å². The molecule has 0 radical (unpaired) electrons. The molecule has 0 aliphatic carbocycles. The van der Waals surface area contributed by atoms with Gasteiger partial charge in [0.15, 0.2) is 5.76 Å². The van der Waals surface area contributed by atoms with E-state index in [1.807, 2.05) is 36.4 Å². The minimum absolute atomic E-state index is 0.280. The van der Waals surface area contributed by atoms with Gasteiger partial charge in [0, 0.05) is 24.8 Å². The highest BCUT2D eigenvalue weighted by Crippen LogP contribution is 2.22. The summed E-state index contributed by atoms with van der Waals surface area (Å²) in [6.45, 7) is 3.06. The Labute approximate surface area is 119 Å². The molecule has 2 heterocycles. The Morgan fingerprint density at radius 1 is 1.30 bits per heavy atom. The van der Waals surface area contributed by atoms with Crippen molar-refractivity contribution in [2.24, 2.45) is 5.92 Å². The zero-order valence-corrected chi connectivity index (χ0v) is 11.5. The Morgan fingerprint density at radius 3 is 2.95 bits per heavy atom. The Bertz CT molecular complexity index is 538. The molecule has 0 amide bonds. The molecule has 0 spiro atoms. The quantitative estimate of drug-likeness (QED) is 0.929. The molecule has 1 aromatic carbocycles. The second-order valence-corrected chi connectivity index (χ2v) is 5.47. The molecule has 1 aliphatic heterocycles. The summed E-state index contributed by atoms with van der Waals surface area (Å²) in [6.07, 6.45) is 2.27. The number of aliphatic hydroxyl groups is 1. The molecule has 1 aliphatic rings. The standard InChI is InChI=1S/C16H20N2O2/c19-12-13-5-4-8-18(10-13)11-15-9-16(17-20-15)14-6-2-1-3-7-14/h1-3,6-7,9,13,19H,4-5,8,10-12H2. The molecule has 1 aromatic heterocycles. The van der Waals surface area contributed by atoms with Gasteiger partial charge in [-0.3, -0.25) is 4.90 Å². The van der Waals surface area contributed by atoms with Crippen LogP contribution in [0.25, 0.3) is 11.3 Å². The lowest BCUT2D eigenvalue weighted by molar-refractivity contribution is 0.108. The molecular formula is C16H20N2O2. The normalized spacial score (nSPS) is 20.1. The summed E-state index contributed by atoms with van der Waals surface area (Å²) >= 11 is 0. The molecule has 0 bridgehead atoms. The fraction of sp³-hybridized carbons (Fsp3) is 0.438. The number of nitrogens with zero attached hydrogens (tertiary/aromatic N) is 2. The van der Waals surface area contributed by atoms with Crippen molar-refractivity contribution in [1.82, 2.24) is 10.1 Å². The first kappa shape index (κ1) is 13.3. The van der Waals surface area contributed by atoms with E-state index >= 15 is 0 Å². The number of aliphatic hydroxyl groups excluding tert-OH is 1. The van der Waals surface area contributed by atoms with Gasteiger partial charge in [0.25, 0.3) is 0 Å². The van der Waals surface area contributed by atoms with E-state index in [0.717, 1.165) is 49.5 Å². The molecule has 1 N–H and O–H groups in total. The van der Waals surface area contributed by atoms with Crippen LogP contribution in [0.2, 0.25) is 0 Å². The van der Waals surface area contributed by atoms with Gasteiger partial charge < -0.3 is 9.63 Å². The monoisotopic (exact) mass is 272 g/mol. The highest BCUT2D eigenvalue weighted by Gasteiger charge is 2.20. The summed E-state index contributed by atoms with van der Waals surface area (Å²) in [6, 6.07) is 12.1. The van der Waals surface area contributed by atoms with Gasteiger partial charge in [-0.1, -0.05) is 35.5 Å². The van der Waals surface area contributed by atoms with Gasteiger partial charge in [0.05, 0.1) is 6.54 Å². The average Bonchev–Trinajstić information content (AvgIpc) is 2.97. The third-order valence-corrected chi connectivity index (χ3v) is 3.87. The van der Waals surface area contributed by atoms with Crippen molar-refractivity contribution in [3.63, 3.8) is 0 Å². The lowest BCUT2D eigenvalue weighted by atomic mass is 9.99. The van der Waals surface area contributed by atoms with E-state index in [2.05, 4.69) is 10.1 Å². The lowest BCUT2D eigenvalue weighted by Gasteiger charge is -2.30. The highest BCUT2D eigenvalue weighted by molar-refractivity contribution is 5.58. The molecule has 1 unspecified atom stereocenters. The van der Waals surface area contributed by atoms with E-state index in [1.54, 1.807) is 0 Å². The predicted molar refractivity (Wildman–Crippen MR) is 77.0 cm³/mol. The van der Waals surface area contributed by atoms with Crippen molar-refractivity contribution in [1.29, 1.82) is 0 Å². The predicted octanol–water partition coefficient (Wildman–Crippen LogP) is 2.55. The van der Waals surface area contributed by atoms with Crippen molar-refractivity contribution in [3.8, 4) is 11.3 Å². The molecular weight excluding hydrogens is 252 g/mol. The van der Waals surface area contributed by atoms with E-state index in [4.69, 9.17) is 4.52 Å². The Balaban J connectivity index is 1.65. The van der Waals surface area contributed by atoms with Crippen molar-refractivity contribution in [2.45, 2.75) is 19.4 Å². The fourth-order valence-corrected chi connectivity index (χ4v) is 2.80. The van der Waals surface area contributed by atoms with E-state index in [1.165, 1.54) is 0 Å². The molecule has 3 rings (SSSR count). The Morgan fingerprint density at radius 2 is 2.15 bits per heavy atom.